The van der Waals surface area contributed by atoms with Gasteiger partial charge in [0.2, 0.25) is 23.6 Å². The van der Waals surface area contributed by atoms with Gasteiger partial charge in [-0.25, -0.2) is 14.4 Å². The third-order valence-electron chi connectivity index (χ3n) is 6.86. The van der Waals surface area contributed by atoms with Crippen molar-refractivity contribution in [1.29, 1.82) is 0 Å². The summed E-state index contributed by atoms with van der Waals surface area (Å²) in [5.41, 5.74) is 4.88. The molecule has 0 radical (unpaired) electrons. The number of nitrogens with zero attached hydrogens (tertiary/aromatic N) is 5. The van der Waals surface area contributed by atoms with Crippen LogP contribution in [0.3, 0.4) is 0 Å². The van der Waals surface area contributed by atoms with E-state index in [4.69, 9.17) is 14.2 Å². The molecule has 0 unspecified atom stereocenters. The van der Waals surface area contributed by atoms with Crippen molar-refractivity contribution < 1.29 is 18.6 Å². The first-order chi connectivity index (χ1) is 22.9. The molecule has 0 saturated heterocycles. The minimum atomic E-state index is -0.380. The molecule has 2 heterocycles. The molecule has 0 aliphatic rings. The van der Waals surface area contributed by atoms with Crippen molar-refractivity contribution >= 4 is 47.5 Å². The Morgan fingerprint density at radius 3 is 1.62 bits per heavy atom. The average Bonchev–Trinajstić information content (AvgIpc) is 3.08. The van der Waals surface area contributed by atoms with E-state index in [2.05, 4.69) is 53.5 Å². The first-order valence-electron chi connectivity index (χ1n) is 14.3. The van der Waals surface area contributed by atoms with Gasteiger partial charge in [0, 0.05) is 28.2 Å². The fourth-order valence-corrected chi connectivity index (χ4v) is 4.92. The molecule has 0 aliphatic carbocycles. The molecule has 4 aromatic carbocycles. The Morgan fingerprint density at radius 1 is 0.532 bits per heavy atom. The van der Waals surface area contributed by atoms with E-state index in [1.807, 2.05) is 72.8 Å². The highest BCUT2D eigenvalue weighted by Gasteiger charge is 2.16. The molecular weight excluding hydrogens is 619 g/mol. The Hall–Kier alpha value is -5.95. The predicted molar refractivity (Wildman–Crippen MR) is 182 cm³/mol. The fraction of sp³-hybridized carbons (Fsp3) is 0.0882. The van der Waals surface area contributed by atoms with Crippen molar-refractivity contribution in [3.05, 3.63) is 103 Å². The van der Waals surface area contributed by atoms with E-state index in [1.54, 1.807) is 33.5 Å². The van der Waals surface area contributed by atoms with E-state index in [0.29, 0.717) is 51.1 Å². The number of nitrogens with one attached hydrogen (secondary N) is 3. The maximum absolute atomic E-state index is 13.8. The third-order valence-corrected chi connectivity index (χ3v) is 7.06. The molecule has 47 heavy (non-hydrogen) atoms. The zero-order chi connectivity index (χ0) is 32.8. The van der Waals surface area contributed by atoms with Crippen LogP contribution >= 0.6 is 12.6 Å². The van der Waals surface area contributed by atoms with Gasteiger partial charge in [0.05, 0.1) is 32.7 Å². The van der Waals surface area contributed by atoms with Gasteiger partial charge < -0.3 is 30.2 Å². The normalized spacial score (nSPS) is 10.7. The van der Waals surface area contributed by atoms with Crippen LogP contribution in [0.15, 0.2) is 102 Å². The molecule has 236 valence electrons. The molecule has 6 aromatic rings. The molecule has 0 saturated carbocycles. The molecule has 6 rings (SSSR count). The lowest BCUT2D eigenvalue weighted by Crippen LogP contribution is -2.07. The highest BCUT2D eigenvalue weighted by Crippen LogP contribution is 2.41. The Balaban J connectivity index is 1.27. The molecular formula is C34H29FN8O3S. The van der Waals surface area contributed by atoms with Crippen molar-refractivity contribution in [3.63, 3.8) is 0 Å². The van der Waals surface area contributed by atoms with Crippen LogP contribution in [0.25, 0.3) is 22.5 Å². The van der Waals surface area contributed by atoms with Crippen LogP contribution < -0.4 is 30.2 Å². The molecule has 0 amide bonds. The number of halogens is 1. The van der Waals surface area contributed by atoms with Crippen molar-refractivity contribution in [2.45, 2.75) is 5.16 Å². The Bertz CT molecular complexity index is 1990. The van der Waals surface area contributed by atoms with Crippen LogP contribution in [0.5, 0.6) is 17.2 Å². The lowest BCUT2D eigenvalue weighted by molar-refractivity contribution is 0.324. The average molecular weight is 649 g/mol. The van der Waals surface area contributed by atoms with Crippen LogP contribution in [-0.4, -0.2) is 46.2 Å². The van der Waals surface area contributed by atoms with Crippen LogP contribution in [0, 0.1) is 5.82 Å². The monoisotopic (exact) mass is 648 g/mol. The number of ether oxygens (including phenoxy) is 3. The van der Waals surface area contributed by atoms with Gasteiger partial charge in [-0.15, -0.1) is 12.6 Å². The van der Waals surface area contributed by atoms with Crippen LogP contribution in [0.1, 0.15) is 0 Å². The number of rotatable bonds is 11. The highest BCUT2D eigenvalue weighted by atomic mass is 32.1. The first kappa shape index (κ1) is 31.0. The quantitative estimate of drug-likeness (QED) is 0.0816. The first-order valence-corrected chi connectivity index (χ1v) is 14.7. The van der Waals surface area contributed by atoms with E-state index in [-0.39, 0.29) is 17.7 Å². The van der Waals surface area contributed by atoms with Gasteiger partial charge in [-0.1, -0.05) is 36.4 Å². The number of benzene rings is 4. The van der Waals surface area contributed by atoms with Gasteiger partial charge in [-0.3, -0.25) is 0 Å². The molecule has 0 atom stereocenters. The second kappa shape index (κ2) is 14.0. The van der Waals surface area contributed by atoms with E-state index in [9.17, 15) is 4.39 Å². The van der Waals surface area contributed by atoms with Crippen LogP contribution in [0.4, 0.5) is 39.3 Å². The molecule has 3 N–H and O–H groups in total. The minimum absolute atomic E-state index is 0.227. The second-order valence-corrected chi connectivity index (χ2v) is 10.4. The summed E-state index contributed by atoms with van der Waals surface area (Å²) in [6.45, 7) is 0. The van der Waals surface area contributed by atoms with E-state index in [0.717, 1.165) is 16.8 Å². The van der Waals surface area contributed by atoms with Gasteiger partial charge in [0.25, 0.3) is 0 Å². The molecule has 0 fully saturated rings. The summed E-state index contributed by atoms with van der Waals surface area (Å²) in [4.78, 5) is 22.6. The topological polar surface area (TPSA) is 128 Å². The smallest absolute Gasteiger partial charge is 0.233 e. The van der Waals surface area contributed by atoms with E-state index < -0.39 is 0 Å². The molecule has 13 heteroatoms. The molecule has 2 aromatic heterocycles. The zero-order valence-electron chi connectivity index (χ0n) is 25.5. The lowest BCUT2D eigenvalue weighted by atomic mass is 10.1. The summed E-state index contributed by atoms with van der Waals surface area (Å²) in [6.07, 6.45) is 0. The number of para-hydroxylation sites is 1. The van der Waals surface area contributed by atoms with Crippen LogP contribution in [-0.2, 0) is 0 Å². The Kier molecular flexibility index (Phi) is 9.25. The second-order valence-electron chi connectivity index (χ2n) is 9.99. The summed E-state index contributed by atoms with van der Waals surface area (Å²) in [5.74, 6) is 1.92. The number of anilines is 6. The largest absolute Gasteiger partial charge is 0.493 e. The Morgan fingerprint density at radius 2 is 1.06 bits per heavy atom. The Labute approximate surface area is 275 Å². The van der Waals surface area contributed by atoms with Crippen molar-refractivity contribution in [2.24, 2.45) is 0 Å². The fourth-order valence-electron chi connectivity index (χ4n) is 4.70. The summed E-state index contributed by atoms with van der Waals surface area (Å²) in [7, 11) is 4.67. The van der Waals surface area contributed by atoms with Crippen molar-refractivity contribution in [1.82, 2.24) is 24.9 Å². The predicted octanol–water partition coefficient (Wildman–Crippen LogP) is 7.68. The van der Waals surface area contributed by atoms with Crippen molar-refractivity contribution in [3.8, 4) is 39.8 Å². The van der Waals surface area contributed by atoms with Gasteiger partial charge in [-0.2, -0.15) is 15.0 Å². The number of hydrogen-bond acceptors (Lipinski definition) is 12. The standard InChI is InChI=1S/C34H29FN8O3S/c1-44-28-16-21(17-29(45-2)30(28)46-3)27-19-26(39-34(47)40-27)20-12-14-24(15-13-20)37-32-41-31(36-23-9-5-4-6-10-23)42-33(43-32)38-25-11-7-8-22(35)18-25/h4-19H,1-3H3,(H,39,40,47)(H3,36,37,38,41,42,43). The maximum Gasteiger partial charge on any atom is 0.233 e. The summed E-state index contributed by atoms with van der Waals surface area (Å²) in [6, 6.07) is 28.6. The summed E-state index contributed by atoms with van der Waals surface area (Å²) in [5, 5.41) is 9.76. The summed E-state index contributed by atoms with van der Waals surface area (Å²) >= 11 is 4.47. The van der Waals surface area contributed by atoms with Gasteiger partial charge in [0.1, 0.15) is 5.82 Å². The van der Waals surface area contributed by atoms with E-state index in [1.165, 1.54) is 12.1 Å². The number of aromatic nitrogens is 5. The highest BCUT2D eigenvalue weighted by molar-refractivity contribution is 7.80. The number of hydrogen-bond donors (Lipinski definition) is 4. The number of methoxy groups -OCH3 is 3. The molecule has 0 bridgehead atoms. The van der Waals surface area contributed by atoms with Crippen LogP contribution in [0.2, 0.25) is 0 Å². The van der Waals surface area contributed by atoms with Gasteiger partial charge in [-0.05, 0) is 60.7 Å². The molecule has 0 spiro atoms. The van der Waals surface area contributed by atoms with Crippen molar-refractivity contribution in [2.75, 3.05) is 37.3 Å². The molecule has 11 nitrogen and oxygen atoms in total. The lowest BCUT2D eigenvalue weighted by Gasteiger charge is -2.14. The SMILES string of the molecule is COc1cc(-c2cc(-c3ccc(Nc4nc(Nc5ccccc5)nc(Nc5cccc(F)c5)n4)cc3)nc(S)n2)cc(OC)c1OC. The van der Waals surface area contributed by atoms with E-state index >= 15 is 0 Å². The van der Waals surface area contributed by atoms with Gasteiger partial charge >= 0.3 is 0 Å². The summed E-state index contributed by atoms with van der Waals surface area (Å²) < 4.78 is 30.3. The minimum Gasteiger partial charge on any atom is -0.493 e. The third kappa shape index (κ3) is 7.48. The number of thiol groups is 1. The zero-order valence-corrected chi connectivity index (χ0v) is 26.4. The molecule has 0 aliphatic heterocycles. The van der Waals surface area contributed by atoms with Gasteiger partial charge in [0.15, 0.2) is 16.7 Å². The maximum atomic E-state index is 13.8.